The minimum absolute atomic E-state index is 0.354. The van der Waals surface area contributed by atoms with Gasteiger partial charge >= 0.3 is 0 Å². The SMILES string of the molecule is CCOc1ccc(CN(C)Cc2c(O)ccc3ccccc23)cc1. The summed E-state index contributed by atoms with van der Waals surface area (Å²) in [5, 5.41) is 12.5. The number of phenolic OH excluding ortho intramolecular Hbond substituents is 1. The Balaban J connectivity index is 1.75. The van der Waals surface area contributed by atoms with E-state index in [2.05, 4.69) is 36.2 Å². The van der Waals surface area contributed by atoms with Gasteiger partial charge in [0.1, 0.15) is 11.5 Å². The van der Waals surface area contributed by atoms with E-state index in [0.717, 1.165) is 28.6 Å². The molecule has 3 nitrogen and oxygen atoms in total. The molecule has 0 bridgehead atoms. The lowest BCUT2D eigenvalue weighted by atomic mass is 10.0. The highest BCUT2D eigenvalue weighted by molar-refractivity contribution is 5.87. The van der Waals surface area contributed by atoms with Crippen LogP contribution in [0.1, 0.15) is 18.1 Å². The fourth-order valence-corrected chi connectivity index (χ4v) is 2.99. The number of nitrogens with zero attached hydrogens (tertiary/aromatic N) is 1. The Morgan fingerprint density at radius 3 is 2.42 bits per heavy atom. The lowest BCUT2D eigenvalue weighted by molar-refractivity contribution is 0.313. The molecule has 0 aliphatic rings. The van der Waals surface area contributed by atoms with Crippen molar-refractivity contribution in [2.75, 3.05) is 13.7 Å². The summed E-state index contributed by atoms with van der Waals surface area (Å²) in [4.78, 5) is 2.21. The molecular formula is C21H23NO2. The number of rotatable bonds is 6. The molecule has 124 valence electrons. The second kappa shape index (κ2) is 7.37. The van der Waals surface area contributed by atoms with Gasteiger partial charge < -0.3 is 9.84 Å². The van der Waals surface area contributed by atoms with Crippen LogP contribution in [0.5, 0.6) is 11.5 Å². The Morgan fingerprint density at radius 1 is 0.917 bits per heavy atom. The number of fused-ring (bicyclic) bond motifs is 1. The standard InChI is InChI=1S/C21H23NO2/c1-3-24-18-11-8-16(9-12-18)14-22(2)15-20-19-7-5-4-6-17(19)10-13-21(20)23/h4-13,23H,3,14-15H2,1-2H3. The quantitative estimate of drug-likeness (QED) is 0.721. The molecule has 0 amide bonds. The first-order valence-corrected chi connectivity index (χ1v) is 8.27. The van der Waals surface area contributed by atoms with Gasteiger partial charge in [0.25, 0.3) is 0 Å². The van der Waals surface area contributed by atoms with E-state index in [9.17, 15) is 5.11 Å². The van der Waals surface area contributed by atoms with Gasteiger partial charge in [-0.25, -0.2) is 0 Å². The molecule has 0 saturated heterocycles. The molecule has 0 radical (unpaired) electrons. The second-order valence-electron chi connectivity index (χ2n) is 6.03. The first kappa shape index (κ1) is 16.3. The monoisotopic (exact) mass is 321 g/mol. The average Bonchev–Trinajstić information content (AvgIpc) is 2.59. The smallest absolute Gasteiger partial charge is 0.120 e. The maximum Gasteiger partial charge on any atom is 0.120 e. The van der Waals surface area contributed by atoms with E-state index < -0.39 is 0 Å². The van der Waals surface area contributed by atoms with Crippen LogP contribution in [0, 0.1) is 0 Å². The van der Waals surface area contributed by atoms with Crippen LogP contribution in [0.4, 0.5) is 0 Å². The van der Waals surface area contributed by atoms with Crippen LogP contribution in [0.25, 0.3) is 10.8 Å². The van der Waals surface area contributed by atoms with Gasteiger partial charge in [0.2, 0.25) is 0 Å². The lowest BCUT2D eigenvalue weighted by Gasteiger charge is -2.19. The Hall–Kier alpha value is -2.52. The molecule has 0 heterocycles. The zero-order chi connectivity index (χ0) is 16.9. The third-order valence-corrected chi connectivity index (χ3v) is 4.13. The molecule has 0 spiro atoms. The molecule has 0 fully saturated rings. The number of benzene rings is 3. The highest BCUT2D eigenvalue weighted by Crippen LogP contribution is 2.28. The predicted octanol–water partition coefficient (Wildman–Crippen LogP) is 4.58. The van der Waals surface area contributed by atoms with Crippen molar-refractivity contribution in [1.82, 2.24) is 4.90 Å². The maximum absolute atomic E-state index is 10.3. The van der Waals surface area contributed by atoms with Gasteiger partial charge in [-0.15, -0.1) is 0 Å². The van der Waals surface area contributed by atoms with Gasteiger partial charge in [-0.1, -0.05) is 42.5 Å². The second-order valence-corrected chi connectivity index (χ2v) is 6.03. The van der Waals surface area contributed by atoms with Gasteiger partial charge in [-0.3, -0.25) is 4.90 Å². The number of hydrogen-bond acceptors (Lipinski definition) is 3. The summed E-state index contributed by atoms with van der Waals surface area (Å²) in [6.07, 6.45) is 0. The van der Waals surface area contributed by atoms with Crippen LogP contribution in [-0.2, 0) is 13.1 Å². The summed E-state index contributed by atoms with van der Waals surface area (Å²) >= 11 is 0. The average molecular weight is 321 g/mol. The zero-order valence-corrected chi connectivity index (χ0v) is 14.2. The van der Waals surface area contributed by atoms with Crippen LogP contribution < -0.4 is 4.74 Å². The molecule has 0 aromatic heterocycles. The molecule has 3 aromatic rings. The van der Waals surface area contributed by atoms with E-state index in [0.29, 0.717) is 18.9 Å². The van der Waals surface area contributed by atoms with E-state index in [-0.39, 0.29) is 0 Å². The third-order valence-electron chi connectivity index (χ3n) is 4.13. The van der Waals surface area contributed by atoms with E-state index in [1.54, 1.807) is 6.07 Å². The summed E-state index contributed by atoms with van der Waals surface area (Å²) in [5.41, 5.74) is 2.20. The molecule has 3 rings (SSSR count). The van der Waals surface area contributed by atoms with E-state index in [1.807, 2.05) is 37.3 Å². The summed E-state index contributed by atoms with van der Waals surface area (Å²) < 4.78 is 5.48. The van der Waals surface area contributed by atoms with E-state index in [4.69, 9.17) is 4.74 Å². The van der Waals surface area contributed by atoms with Crippen LogP contribution in [0.2, 0.25) is 0 Å². The van der Waals surface area contributed by atoms with E-state index >= 15 is 0 Å². The van der Waals surface area contributed by atoms with Crippen molar-refractivity contribution in [3.63, 3.8) is 0 Å². The first-order chi connectivity index (χ1) is 11.7. The minimum Gasteiger partial charge on any atom is -0.508 e. The zero-order valence-electron chi connectivity index (χ0n) is 14.2. The number of aromatic hydroxyl groups is 1. The van der Waals surface area contributed by atoms with Gasteiger partial charge in [-0.05, 0) is 48.5 Å². The van der Waals surface area contributed by atoms with Gasteiger partial charge in [0, 0.05) is 18.7 Å². The number of phenols is 1. The van der Waals surface area contributed by atoms with Crippen molar-refractivity contribution in [2.45, 2.75) is 20.0 Å². The largest absolute Gasteiger partial charge is 0.508 e. The molecular weight excluding hydrogens is 298 g/mol. The molecule has 0 unspecified atom stereocenters. The Labute approximate surface area is 143 Å². The number of ether oxygens (including phenoxy) is 1. The molecule has 0 aliphatic heterocycles. The van der Waals surface area contributed by atoms with Crippen molar-refractivity contribution in [1.29, 1.82) is 0 Å². The molecule has 24 heavy (non-hydrogen) atoms. The van der Waals surface area contributed by atoms with Crippen molar-refractivity contribution in [3.05, 3.63) is 71.8 Å². The topological polar surface area (TPSA) is 32.7 Å². The van der Waals surface area contributed by atoms with Gasteiger partial charge in [0.05, 0.1) is 6.61 Å². The van der Waals surface area contributed by atoms with Gasteiger partial charge in [0.15, 0.2) is 0 Å². The maximum atomic E-state index is 10.3. The van der Waals surface area contributed by atoms with Crippen LogP contribution in [0.15, 0.2) is 60.7 Å². The molecule has 0 saturated carbocycles. The lowest BCUT2D eigenvalue weighted by Crippen LogP contribution is -2.17. The van der Waals surface area contributed by atoms with Crippen molar-refractivity contribution < 1.29 is 9.84 Å². The Kier molecular flexibility index (Phi) is 5.02. The molecule has 1 N–H and O–H groups in total. The van der Waals surface area contributed by atoms with Crippen molar-refractivity contribution >= 4 is 10.8 Å². The summed E-state index contributed by atoms with van der Waals surface area (Å²) in [6.45, 7) is 4.17. The summed E-state index contributed by atoms with van der Waals surface area (Å²) in [6, 6.07) is 20.1. The Bertz CT molecular complexity index is 812. The molecule has 0 atom stereocenters. The van der Waals surface area contributed by atoms with Crippen molar-refractivity contribution in [2.24, 2.45) is 0 Å². The summed E-state index contributed by atoms with van der Waals surface area (Å²) in [5.74, 6) is 1.25. The highest BCUT2D eigenvalue weighted by atomic mass is 16.5. The van der Waals surface area contributed by atoms with Crippen LogP contribution >= 0.6 is 0 Å². The summed E-state index contributed by atoms with van der Waals surface area (Å²) in [7, 11) is 2.07. The van der Waals surface area contributed by atoms with Crippen LogP contribution in [0.3, 0.4) is 0 Å². The predicted molar refractivity (Wildman–Crippen MR) is 98.4 cm³/mol. The highest BCUT2D eigenvalue weighted by Gasteiger charge is 2.10. The van der Waals surface area contributed by atoms with Gasteiger partial charge in [-0.2, -0.15) is 0 Å². The fourth-order valence-electron chi connectivity index (χ4n) is 2.99. The minimum atomic E-state index is 0.354. The van der Waals surface area contributed by atoms with E-state index in [1.165, 1.54) is 5.56 Å². The molecule has 3 aromatic carbocycles. The normalized spacial score (nSPS) is 11.1. The van der Waals surface area contributed by atoms with Crippen molar-refractivity contribution in [3.8, 4) is 11.5 Å². The molecule has 0 aliphatic carbocycles. The number of hydrogen-bond donors (Lipinski definition) is 1. The van der Waals surface area contributed by atoms with Crippen LogP contribution in [-0.4, -0.2) is 23.7 Å². The fraction of sp³-hybridized carbons (Fsp3) is 0.238. The Morgan fingerprint density at radius 2 is 1.67 bits per heavy atom. The molecule has 3 heteroatoms. The first-order valence-electron chi connectivity index (χ1n) is 8.27. The third kappa shape index (κ3) is 3.69.